The summed E-state index contributed by atoms with van der Waals surface area (Å²) in [5.74, 6) is 0.741. The van der Waals surface area contributed by atoms with Gasteiger partial charge in [-0.2, -0.15) is 0 Å². The molecule has 36 heavy (non-hydrogen) atoms. The normalized spacial score (nSPS) is 11.7. The molecule has 0 saturated heterocycles. The molecule has 0 fully saturated rings. The maximum Gasteiger partial charge on any atom is 0.243 e. The van der Waals surface area contributed by atoms with Crippen molar-refractivity contribution in [1.82, 2.24) is 10.2 Å². The van der Waals surface area contributed by atoms with E-state index >= 15 is 0 Å². The zero-order valence-electron chi connectivity index (χ0n) is 20.7. The minimum atomic E-state index is -0.652. The molecular weight excluding hydrogens is 511 g/mol. The first-order chi connectivity index (χ1) is 17.4. The molecule has 3 aromatic rings. The van der Waals surface area contributed by atoms with Crippen LogP contribution in [0.1, 0.15) is 35.6 Å². The van der Waals surface area contributed by atoms with Crippen LogP contribution in [-0.4, -0.2) is 35.1 Å². The van der Waals surface area contributed by atoms with Gasteiger partial charge < -0.3 is 10.2 Å². The van der Waals surface area contributed by atoms with Crippen LogP contribution in [0, 0.1) is 6.92 Å². The smallest absolute Gasteiger partial charge is 0.243 e. The average molecular weight is 544 g/mol. The zero-order valence-corrected chi connectivity index (χ0v) is 23.0. The molecule has 0 heterocycles. The van der Waals surface area contributed by atoms with E-state index in [1.165, 1.54) is 11.1 Å². The average Bonchev–Trinajstić information content (AvgIpc) is 2.87. The summed E-state index contributed by atoms with van der Waals surface area (Å²) in [6.45, 7) is 4.88. The summed E-state index contributed by atoms with van der Waals surface area (Å²) >= 11 is 13.9. The zero-order chi connectivity index (χ0) is 25.9. The summed E-state index contributed by atoms with van der Waals surface area (Å²) in [5.41, 5.74) is 4.18. The van der Waals surface area contributed by atoms with Gasteiger partial charge in [0.15, 0.2) is 0 Å². The molecule has 1 N–H and O–H groups in total. The van der Waals surface area contributed by atoms with Gasteiger partial charge in [-0.25, -0.2) is 0 Å². The molecule has 2 amide bonds. The van der Waals surface area contributed by atoms with Crippen LogP contribution in [0.25, 0.3) is 0 Å². The number of nitrogens with zero attached hydrogens (tertiary/aromatic N) is 1. The monoisotopic (exact) mass is 542 g/mol. The number of rotatable bonds is 12. The summed E-state index contributed by atoms with van der Waals surface area (Å²) in [6, 6.07) is 22.7. The number of aryl methyl sites for hydroxylation is 1. The minimum Gasteiger partial charge on any atom is -0.354 e. The van der Waals surface area contributed by atoms with Gasteiger partial charge in [0.2, 0.25) is 11.8 Å². The van der Waals surface area contributed by atoms with E-state index in [4.69, 9.17) is 23.2 Å². The van der Waals surface area contributed by atoms with Gasteiger partial charge in [-0.15, -0.1) is 11.8 Å². The van der Waals surface area contributed by atoms with Crippen LogP contribution in [0.5, 0.6) is 0 Å². The Morgan fingerprint density at radius 2 is 1.67 bits per heavy atom. The van der Waals surface area contributed by atoms with Crippen molar-refractivity contribution in [3.8, 4) is 0 Å². The van der Waals surface area contributed by atoms with Crippen LogP contribution in [-0.2, 0) is 28.3 Å². The molecular formula is C29H32Cl2N2O2S. The van der Waals surface area contributed by atoms with Crippen molar-refractivity contribution in [2.45, 2.75) is 45.0 Å². The van der Waals surface area contributed by atoms with Gasteiger partial charge in [0.05, 0.1) is 15.8 Å². The van der Waals surface area contributed by atoms with Crippen LogP contribution in [0.2, 0.25) is 10.0 Å². The van der Waals surface area contributed by atoms with Gasteiger partial charge >= 0.3 is 0 Å². The van der Waals surface area contributed by atoms with Crippen LogP contribution in [0.4, 0.5) is 0 Å². The van der Waals surface area contributed by atoms with Crippen molar-refractivity contribution in [3.63, 3.8) is 0 Å². The second-order valence-corrected chi connectivity index (χ2v) is 10.5. The molecule has 0 aliphatic heterocycles. The molecule has 0 aromatic heterocycles. The Kier molecular flexibility index (Phi) is 11.2. The van der Waals surface area contributed by atoms with E-state index in [0.29, 0.717) is 23.0 Å². The highest BCUT2D eigenvalue weighted by Crippen LogP contribution is 2.25. The third-order valence-corrected chi connectivity index (χ3v) is 7.46. The van der Waals surface area contributed by atoms with Crippen LogP contribution in [0.3, 0.4) is 0 Å². The summed E-state index contributed by atoms with van der Waals surface area (Å²) < 4.78 is 0. The standard InChI is InChI=1S/C29H32Cl2N2O2S/c1-3-14-32-29(35)27(17-22-9-5-4-6-10-22)33(18-23-12-13-25(30)26(31)16-23)28(34)20-36-19-24-11-7-8-21(2)15-24/h4-13,15-16,27H,3,14,17-20H2,1-2H3,(H,32,35)/t27-/m0/s1. The molecule has 4 nitrogen and oxygen atoms in total. The van der Waals surface area contributed by atoms with E-state index in [-0.39, 0.29) is 24.1 Å². The summed E-state index contributed by atoms with van der Waals surface area (Å²) in [7, 11) is 0. The van der Waals surface area contributed by atoms with Crippen molar-refractivity contribution in [3.05, 3.63) is 105 Å². The Bertz CT molecular complexity index is 1160. The third-order valence-electron chi connectivity index (χ3n) is 5.73. The van der Waals surface area contributed by atoms with E-state index in [2.05, 4.69) is 30.4 Å². The number of thioether (sulfide) groups is 1. The van der Waals surface area contributed by atoms with Crippen molar-refractivity contribution in [2.75, 3.05) is 12.3 Å². The molecule has 0 radical (unpaired) electrons. The molecule has 7 heteroatoms. The molecule has 0 spiro atoms. The van der Waals surface area contributed by atoms with Crippen LogP contribution in [0.15, 0.2) is 72.8 Å². The van der Waals surface area contributed by atoms with E-state index in [1.807, 2.05) is 49.4 Å². The molecule has 0 aliphatic rings. The fourth-order valence-corrected chi connectivity index (χ4v) is 5.07. The lowest BCUT2D eigenvalue weighted by atomic mass is 10.0. The quantitative estimate of drug-likeness (QED) is 0.277. The highest BCUT2D eigenvalue weighted by atomic mass is 35.5. The molecule has 0 bridgehead atoms. The lowest BCUT2D eigenvalue weighted by molar-refractivity contribution is -0.139. The second-order valence-electron chi connectivity index (χ2n) is 8.75. The Morgan fingerprint density at radius 3 is 2.36 bits per heavy atom. The first kappa shape index (κ1) is 28.1. The number of carbonyl (C=O) groups excluding carboxylic acids is 2. The number of hydrogen-bond donors (Lipinski definition) is 1. The summed E-state index contributed by atoms with van der Waals surface area (Å²) in [4.78, 5) is 28.7. The Labute approximate surface area is 228 Å². The van der Waals surface area contributed by atoms with Crippen molar-refractivity contribution in [2.24, 2.45) is 0 Å². The molecule has 1 atom stereocenters. The Morgan fingerprint density at radius 1 is 0.917 bits per heavy atom. The van der Waals surface area contributed by atoms with Gasteiger partial charge in [0.1, 0.15) is 6.04 Å². The van der Waals surface area contributed by atoms with Gasteiger partial charge in [-0.1, -0.05) is 96.4 Å². The van der Waals surface area contributed by atoms with Gasteiger partial charge in [-0.3, -0.25) is 9.59 Å². The van der Waals surface area contributed by atoms with Crippen molar-refractivity contribution >= 4 is 46.8 Å². The molecule has 3 rings (SSSR count). The number of hydrogen-bond acceptors (Lipinski definition) is 3. The van der Waals surface area contributed by atoms with Crippen molar-refractivity contribution in [1.29, 1.82) is 0 Å². The van der Waals surface area contributed by atoms with E-state index in [0.717, 1.165) is 23.3 Å². The van der Waals surface area contributed by atoms with E-state index in [1.54, 1.807) is 28.8 Å². The van der Waals surface area contributed by atoms with Crippen LogP contribution < -0.4 is 5.32 Å². The molecule has 190 valence electrons. The van der Waals surface area contributed by atoms with E-state index in [9.17, 15) is 9.59 Å². The summed E-state index contributed by atoms with van der Waals surface area (Å²) in [6.07, 6.45) is 1.24. The molecule has 0 aliphatic carbocycles. The summed E-state index contributed by atoms with van der Waals surface area (Å²) in [5, 5.41) is 3.87. The van der Waals surface area contributed by atoms with Gasteiger partial charge in [0.25, 0.3) is 0 Å². The fourth-order valence-electron chi connectivity index (χ4n) is 3.90. The van der Waals surface area contributed by atoms with Gasteiger partial charge in [-0.05, 0) is 42.2 Å². The van der Waals surface area contributed by atoms with E-state index < -0.39 is 6.04 Å². The number of nitrogens with one attached hydrogen (secondary N) is 1. The highest BCUT2D eigenvalue weighted by molar-refractivity contribution is 7.99. The molecule has 0 saturated carbocycles. The number of amides is 2. The fraction of sp³-hybridized carbons (Fsp3) is 0.310. The maximum absolute atomic E-state index is 13.6. The maximum atomic E-state index is 13.6. The number of halogens is 2. The molecule has 0 unspecified atom stereocenters. The highest BCUT2D eigenvalue weighted by Gasteiger charge is 2.30. The van der Waals surface area contributed by atoms with Crippen molar-refractivity contribution < 1.29 is 9.59 Å². The third kappa shape index (κ3) is 8.58. The number of benzene rings is 3. The predicted octanol–water partition coefficient (Wildman–Crippen LogP) is 6.70. The lowest BCUT2D eigenvalue weighted by Gasteiger charge is -2.31. The van der Waals surface area contributed by atoms with Gasteiger partial charge in [0, 0.05) is 25.3 Å². The first-order valence-electron chi connectivity index (χ1n) is 12.1. The Hall–Kier alpha value is -2.47. The largest absolute Gasteiger partial charge is 0.354 e. The first-order valence-corrected chi connectivity index (χ1v) is 14.0. The Balaban J connectivity index is 1.85. The SMILES string of the molecule is CCCNC(=O)[C@H](Cc1ccccc1)N(Cc1ccc(Cl)c(Cl)c1)C(=O)CSCc1cccc(C)c1. The molecule has 3 aromatic carbocycles. The topological polar surface area (TPSA) is 49.4 Å². The minimum absolute atomic E-state index is 0.0914. The number of carbonyl (C=O) groups is 2. The second kappa shape index (κ2) is 14.3. The lowest BCUT2D eigenvalue weighted by Crippen LogP contribution is -2.51. The predicted molar refractivity (Wildman–Crippen MR) is 152 cm³/mol. The van der Waals surface area contributed by atoms with Crippen LogP contribution >= 0.6 is 35.0 Å².